The van der Waals surface area contributed by atoms with Crippen molar-refractivity contribution in [2.24, 2.45) is 0 Å². The first-order valence-corrected chi connectivity index (χ1v) is 20.2. The highest BCUT2D eigenvalue weighted by molar-refractivity contribution is 6.13. The molecule has 11 rings (SSSR count). The summed E-state index contributed by atoms with van der Waals surface area (Å²) in [7, 11) is 0. The average Bonchev–Trinajstić information content (AvgIpc) is 3.65. The van der Waals surface area contributed by atoms with Gasteiger partial charge in [0, 0.05) is 33.6 Å². The van der Waals surface area contributed by atoms with Crippen LogP contribution in [0.3, 0.4) is 0 Å². The Morgan fingerprint density at radius 2 is 0.847 bits per heavy atom. The van der Waals surface area contributed by atoms with Gasteiger partial charge < -0.3 is 9.32 Å². The molecule has 0 N–H and O–H groups in total. The molecule has 1 aromatic heterocycles. The standard InChI is InChI=1S/C57H39NO/c1-38-51-16-8-9-20-56(51)59-57(38)47-15-10-14-44(35-47)42-23-21-40(22-24-42)41-25-30-48(31-26-41)58(50-34-27-39-11-2-3-12-45(39)36-50)49-32-28-43(29-33-49)55-37-46-13-4-5-17-52(46)53-18-6-7-19-54(53)55/h2-37H,1H3. The van der Waals surface area contributed by atoms with E-state index in [4.69, 9.17) is 4.42 Å². The lowest BCUT2D eigenvalue weighted by molar-refractivity contribution is 0.629. The van der Waals surface area contributed by atoms with E-state index < -0.39 is 0 Å². The second kappa shape index (κ2) is 14.4. The lowest BCUT2D eigenvalue weighted by Crippen LogP contribution is -2.09. The quantitative estimate of drug-likeness (QED) is 0.151. The number of aryl methyl sites for hydroxylation is 1. The van der Waals surface area contributed by atoms with Gasteiger partial charge in [0.15, 0.2) is 0 Å². The summed E-state index contributed by atoms with van der Waals surface area (Å²) in [6, 6.07) is 78.8. The van der Waals surface area contributed by atoms with E-state index >= 15 is 0 Å². The minimum atomic E-state index is 0.921. The van der Waals surface area contributed by atoms with E-state index in [1.165, 1.54) is 65.7 Å². The fourth-order valence-corrected chi connectivity index (χ4v) is 8.79. The number of benzene rings is 10. The maximum Gasteiger partial charge on any atom is 0.138 e. The van der Waals surface area contributed by atoms with Crippen molar-refractivity contribution in [3.63, 3.8) is 0 Å². The zero-order valence-electron chi connectivity index (χ0n) is 32.6. The van der Waals surface area contributed by atoms with Crippen LogP contribution in [-0.4, -0.2) is 0 Å². The van der Waals surface area contributed by atoms with E-state index in [2.05, 4.69) is 218 Å². The first-order chi connectivity index (χ1) is 29.1. The molecular formula is C57H39NO. The van der Waals surface area contributed by atoms with E-state index in [-0.39, 0.29) is 0 Å². The molecule has 0 bridgehead atoms. The summed E-state index contributed by atoms with van der Waals surface area (Å²) < 4.78 is 6.30. The molecular weight excluding hydrogens is 715 g/mol. The lowest BCUT2D eigenvalue weighted by Gasteiger charge is -2.26. The molecule has 11 aromatic rings. The monoisotopic (exact) mass is 753 g/mol. The topological polar surface area (TPSA) is 16.4 Å². The average molecular weight is 754 g/mol. The van der Waals surface area contributed by atoms with Gasteiger partial charge in [0.2, 0.25) is 0 Å². The van der Waals surface area contributed by atoms with Gasteiger partial charge in [-0.2, -0.15) is 0 Å². The van der Waals surface area contributed by atoms with Gasteiger partial charge in [0.05, 0.1) is 0 Å². The number of anilines is 3. The normalized spacial score (nSPS) is 11.5. The predicted molar refractivity (Wildman–Crippen MR) is 250 cm³/mol. The third-order valence-electron chi connectivity index (χ3n) is 11.8. The number of fused-ring (bicyclic) bond motifs is 5. The second-order valence-corrected chi connectivity index (χ2v) is 15.4. The lowest BCUT2D eigenvalue weighted by atomic mass is 9.93. The number of furan rings is 1. The molecule has 10 aromatic carbocycles. The molecule has 0 aliphatic carbocycles. The van der Waals surface area contributed by atoms with Crippen LogP contribution in [0.5, 0.6) is 0 Å². The minimum Gasteiger partial charge on any atom is -0.456 e. The van der Waals surface area contributed by atoms with E-state index in [1.54, 1.807) is 0 Å². The van der Waals surface area contributed by atoms with Gasteiger partial charge in [-0.15, -0.1) is 0 Å². The number of para-hydroxylation sites is 1. The van der Waals surface area contributed by atoms with Gasteiger partial charge in [0.25, 0.3) is 0 Å². The smallest absolute Gasteiger partial charge is 0.138 e. The Morgan fingerprint density at radius 1 is 0.322 bits per heavy atom. The van der Waals surface area contributed by atoms with Crippen LogP contribution in [0.25, 0.3) is 88.0 Å². The zero-order valence-corrected chi connectivity index (χ0v) is 32.6. The molecule has 2 nitrogen and oxygen atoms in total. The number of nitrogens with zero attached hydrogens (tertiary/aromatic N) is 1. The number of hydrogen-bond donors (Lipinski definition) is 0. The largest absolute Gasteiger partial charge is 0.456 e. The van der Waals surface area contributed by atoms with Crippen LogP contribution in [0.2, 0.25) is 0 Å². The number of rotatable bonds is 7. The van der Waals surface area contributed by atoms with Crippen LogP contribution in [0.15, 0.2) is 223 Å². The Kier molecular flexibility index (Phi) is 8.41. The molecule has 0 atom stereocenters. The zero-order chi connectivity index (χ0) is 39.3. The molecule has 0 fully saturated rings. The summed E-state index contributed by atoms with van der Waals surface area (Å²) in [6.07, 6.45) is 0. The molecule has 0 aliphatic heterocycles. The van der Waals surface area contributed by atoms with Crippen molar-refractivity contribution in [3.8, 4) is 44.7 Å². The molecule has 0 radical (unpaired) electrons. The van der Waals surface area contributed by atoms with E-state index in [1.807, 2.05) is 12.1 Å². The summed E-state index contributed by atoms with van der Waals surface area (Å²) in [5.74, 6) is 0.928. The Morgan fingerprint density at radius 3 is 1.56 bits per heavy atom. The Hall–Kier alpha value is -7.68. The molecule has 59 heavy (non-hydrogen) atoms. The third-order valence-corrected chi connectivity index (χ3v) is 11.8. The maximum atomic E-state index is 6.30. The Bertz CT molecular complexity index is 3320. The fraction of sp³-hybridized carbons (Fsp3) is 0.0175. The van der Waals surface area contributed by atoms with Crippen molar-refractivity contribution in [1.82, 2.24) is 0 Å². The Labute approximate surface area is 343 Å². The summed E-state index contributed by atoms with van der Waals surface area (Å²) in [5, 5.41) is 8.67. The summed E-state index contributed by atoms with van der Waals surface area (Å²) in [4.78, 5) is 2.36. The highest BCUT2D eigenvalue weighted by Gasteiger charge is 2.16. The third kappa shape index (κ3) is 6.23. The van der Waals surface area contributed by atoms with Gasteiger partial charge in [-0.1, -0.05) is 164 Å². The first-order valence-electron chi connectivity index (χ1n) is 20.2. The van der Waals surface area contributed by atoms with Crippen molar-refractivity contribution in [2.75, 3.05) is 4.90 Å². The van der Waals surface area contributed by atoms with Crippen LogP contribution < -0.4 is 4.90 Å². The van der Waals surface area contributed by atoms with Crippen LogP contribution in [0.1, 0.15) is 5.56 Å². The molecule has 0 aliphatic rings. The van der Waals surface area contributed by atoms with E-state index in [9.17, 15) is 0 Å². The molecule has 0 amide bonds. The first kappa shape index (κ1) is 34.6. The number of hydrogen-bond acceptors (Lipinski definition) is 2. The van der Waals surface area contributed by atoms with Gasteiger partial charge in [-0.3, -0.25) is 0 Å². The van der Waals surface area contributed by atoms with Crippen molar-refractivity contribution < 1.29 is 4.42 Å². The van der Waals surface area contributed by atoms with Gasteiger partial charge >= 0.3 is 0 Å². The summed E-state index contributed by atoms with van der Waals surface area (Å²) >= 11 is 0. The van der Waals surface area contributed by atoms with E-state index in [0.717, 1.165) is 44.9 Å². The van der Waals surface area contributed by atoms with E-state index in [0.29, 0.717) is 0 Å². The minimum absolute atomic E-state index is 0.921. The molecule has 278 valence electrons. The molecule has 0 spiro atoms. The fourth-order valence-electron chi connectivity index (χ4n) is 8.79. The molecule has 0 saturated carbocycles. The van der Waals surface area contributed by atoms with Gasteiger partial charge in [-0.25, -0.2) is 0 Å². The van der Waals surface area contributed by atoms with Crippen molar-refractivity contribution in [3.05, 3.63) is 224 Å². The second-order valence-electron chi connectivity index (χ2n) is 15.4. The highest BCUT2D eigenvalue weighted by Crippen LogP contribution is 2.41. The molecule has 0 unspecified atom stereocenters. The van der Waals surface area contributed by atoms with Crippen LogP contribution in [0, 0.1) is 6.92 Å². The van der Waals surface area contributed by atoms with Gasteiger partial charge in [-0.05, 0) is 127 Å². The van der Waals surface area contributed by atoms with Crippen LogP contribution in [-0.2, 0) is 0 Å². The summed E-state index contributed by atoms with van der Waals surface area (Å²) in [6.45, 7) is 2.14. The van der Waals surface area contributed by atoms with Crippen molar-refractivity contribution in [2.45, 2.75) is 6.92 Å². The van der Waals surface area contributed by atoms with Gasteiger partial charge in [0.1, 0.15) is 11.3 Å². The SMILES string of the molecule is Cc1c(-c2cccc(-c3ccc(-c4ccc(N(c5ccc(-c6cc7ccccc7c7ccccc67)cc5)c5ccc6ccccc6c5)cc4)cc3)c2)oc2ccccc12. The molecule has 2 heteroatoms. The Balaban J connectivity index is 0.921. The summed E-state index contributed by atoms with van der Waals surface area (Å²) in [5.41, 5.74) is 13.6. The maximum absolute atomic E-state index is 6.30. The van der Waals surface area contributed by atoms with Crippen molar-refractivity contribution >= 4 is 60.3 Å². The van der Waals surface area contributed by atoms with Crippen LogP contribution >= 0.6 is 0 Å². The molecule has 1 heterocycles. The highest BCUT2D eigenvalue weighted by atomic mass is 16.3. The molecule has 0 saturated heterocycles. The van der Waals surface area contributed by atoms with Crippen molar-refractivity contribution in [1.29, 1.82) is 0 Å². The predicted octanol–water partition coefficient (Wildman–Crippen LogP) is 16.3. The van der Waals surface area contributed by atoms with Crippen LogP contribution in [0.4, 0.5) is 17.1 Å².